The topological polar surface area (TPSA) is 9.23 Å². The van der Waals surface area contributed by atoms with E-state index >= 15 is 0 Å². The molecule has 0 aromatic heterocycles. The number of hydrogen-bond donors (Lipinski definition) is 0. The van der Waals surface area contributed by atoms with Crippen molar-refractivity contribution in [1.29, 1.82) is 0 Å². The second-order valence-electron chi connectivity index (χ2n) is 4.93. The monoisotopic (exact) mass is 328 g/mol. The molecule has 1 nitrogen and oxygen atoms in total. The van der Waals surface area contributed by atoms with Gasteiger partial charge < -0.3 is 4.74 Å². The molecule has 0 bridgehead atoms. The molecule has 22 heavy (non-hydrogen) atoms. The van der Waals surface area contributed by atoms with Gasteiger partial charge in [-0.3, -0.25) is 0 Å². The highest BCUT2D eigenvalue weighted by molar-refractivity contribution is 6.32. The summed E-state index contributed by atoms with van der Waals surface area (Å²) in [6, 6.07) is 23.5. The maximum Gasteiger partial charge on any atom is 0.139 e. The first-order chi connectivity index (χ1) is 10.7. The van der Waals surface area contributed by atoms with Gasteiger partial charge >= 0.3 is 0 Å². The summed E-state index contributed by atoms with van der Waals surface area (Å²) in [4.78, 5) is 0. The second-order valence-corrected chi connectivity index (χ2v) is 5.77. The van der Waals surface area contributed by atoms with Crippen LogP contribution in [0.15, 0.2) is 72.8 Å². The van der Waals surface area contributed by atoms with E-state index in [1.807, 2.05) is 72.8 Å². The zero-order chi connectivity index (χ0) is 15.4. The molecule has 0 unspecified atom stereocenters. The van der Waals surface area contributed by atoms with E-state index in [-0.39, 0.29) is 0 Å². The highest BCUT2D eigenvalue weighted by Crippen LogP contribution is 2.32. The molecule has 0 aliphatic rings. The van der Waals surface area contributed by atoms with E-state index in [1.54, 1.807) is 0 Å². The normalized spacial score (nSPS) is 10.5. The molecule has 0 spiro atoms. The number of ether oxygens (including phenoxy) is 1. The summed E-state index contributed by atoms with van der Waals surface area (Å²) in [7, 11) is 0. The van der Waals surface area contributed by atoms with Gasteiger partial charge in [-0.2, -0.15) is 0 Å². The molecule has 0 N–H and O–H groups in total. The van der Waals surface area contributed by atoms with Crippen LogP contribution in [-0.4, -0.2) is 0 Å². The van der Waals surface area contributed by atoms with Crippen LogP contribution in [0.1, 0.15) is 5.56 Å². The summed E-state index contributed by atoms with van der Waals surface area (Å²) < 4.78 is 5.85. The minimum Gasteiger partial charge on any atom is -0.487 e. The molecule has 3 aromatic carbocycles. The van der Waals surface area contributed by atoms with Gasteiger partial charge in [-0.1, -0.05) is 71.7 Å². The molecule has 110 valence electrons. The SMILES string of the molecule is Clc1cccc(-c2ccc(Cl)c(OCc3ccccc3)c2)c1. The van der Waals surface area contributed by atoms with Crippen molar-refractivity contribution in [2.45, 2.75) is 6.61 Å². The Labute approximate surface area is 140 Å². The van der Waals surface area contributed by atoms with Gasteiger partial charge in [-0.05, 0) is 41.0 Å². The van der Waals surface area contributed by atoms with Crippen LogP contribution in [0.2, 0.25) is 10.0 Å². The van der Waals surface area contributed by atoms with Crippen molar-refractivity contribution in [2.24, 2.45) is 0 Å². The van der Waals surface area contributed by atoms with Crippen molar-refractivity contribution in [1.82, 2.24) is 0 Å². The highest BCUT2D eigenvalue weighted by Gasteiger charge is 2.06. The maximum absolute atomic E-state index is 6.23. The van der Waals surface area contributed by atoms with E-state index in [2.05, 4.69) is 0 Å². The summed E-state index contributed by atoms with van der Waals surface area (Å²) in [6.07, 6.45) is 0. The van der Waals surface area contributed by atoms with Crippen molar-refractivity contribution in [3.8, 4) is 16.9 Å². The Hall–Kier alpha value is -1.96. The lowest BCUT2D eigenvalue weighted by Crippen LogP contribution is -1.96. The van der Waals surface area contributed by atoms with E-state index in [0.29, 0.717) is 22.4 Å². The largest absolute Gasteiger partial charge is 0.487 e. The molecule has 0 heterocycles. The van der Waals surface area contributed by atoms with E-state index in [0.717, 1.165) is 16.7 Å². The average molecular weight is 329 g/mol. The van der Waals surface area contributed by atoms with Crippen molar-refractivity contribution in [3.63, 3.8) is 0 Å². The quantitative estimate of drug-likeness (QED) is 0.550. The Morgan fingerprint density at radius 2 is 1.50 bits per heavy atom. The van der Waals surface area contributed by atoms with Gasteiger partial charge in [0.05, 0.1) is 5.02 Å². The lowest BCUT2D eigenvalue weighted by Gasteiger charge is -2.10. The zero-order valence-corrected chi connectivity index (χ0v) is 13.3. The fourth-order valence-electron chi connectivity index (χ4n) is 2.20. The van der Waals surface area contributed by atoms with E-state index in [1.165, 1.54) is 0 Å². The minimum absolute atomic E-state index is 0.486. The number of benzene rings is 3. The van der Waals surface area contributed by atoms with Crippen LogP contribution in [0.4, 0.5) is 0 Å². The molecule has 0 aliphatic carbocycles. The molecule has 3 heteroatoms. The van der Waals surface area contributed by atoms with Gasteiger partial charge in [0.25, 0.3) is 0 Å². The first-order valence-electron chi connectivity index (χ1n) is 6.94. The Kier molecular flexibility index (Phi) is 4.67. The van der Waals surface area contributed by atoms with Crippen molar-refractivity contribution in [2.75, 3.05) is 0 Å². The third-order valence-corrected chi connectivity index (χ3v) is 3.87. The fraction of sp³-hybridized carbons (Fsp3) is 0.0526. The summed E-state index contributed by atoms with van der Waals surface area (Å²) in [5.41, 5.74) is 3.16. The van der Waals surface area contributed by atoms with Crippen LogP contribution >= 0.6 is 23.2 Å². The lowest BCUT2D eigenvalue weighted by atomic mass is 10.1. The van der Waals surface area contributed by atoms with E-state index in [4.69, 9.17) is 27.9 Å². The fourth-order valence-corrected chi connectivity index (χ4v) is 2.56. The molecule has 0 saturated heterocycles. The Bertz CT molecular complexity index is 769. The maximum atomic E-state index is 6.23. The molecule has 0 radical (unpaired) electrons. The van der Waals surface area contributed by atoms with E-state index in [9.17, 15) is 0 Å². The molecule has 3 rings (SSSR count). The standard InChI is InChI=1S/C19H14Cl2O/c20-17-8-4-7-15(11-17)16-9-10-18(21)19(12-16)22-13-14-5-2-1-3-6-14/h1-12H,13H2. The van der Waals surface area contributed by atoms with E-state index < -0.39 is 0 Å². The van der Waals surface area contributed by atoms with Gasteiger partial charge in [-0.25, -0.2) is 0 Å². The van der Waals surface area contributed by atoms with Crippen LogP contribution in [0.5, 0.6) is 5.75 Å². The predicted molar refractivity (Wildman–Crippen MR) is 92.7 cm³/mol. The molecule has 3 aromatic rings. The zero-order valence-electron chi connectivity index (χ0n) is 11.8. The first kappa shape index (κ1) is 15.0. The third kappa shape index (κ3) is 3.62. The molecular formula is C19H14Cl2O. The third-order valence-electron chi connectivity index (χ3n) is 3.33. The number of halogens is 2. The second kappa shape index (κ2) is 6.87. The van der Waals surface area contributed by atoms with Crippen LogP contribution < -0.4 is 4.74 Å². The van der Waals surface area contributed by atoms with Gasteiger partial charge in [-0.15, -0.1) is 0 Å². The predicted octanol–water partition coefficient (Wildman–Crippen LogP) is 6.24. The van der Waals surface area contributed by atoms with Crippen molar-refractivity contribution in [3.05, 3.63) is 88.4 Å². The van der Waals surface area contributed by atoms with Crippen molar-refractivity contribution < 1.29 is 4.74 Å². The van der Waals surface area contributed by atoms with Crippen LogP contribution in [-0.2, 0) is 6.61 Å². The highest BCUT2D eigenvalue weighted by atomic mass is 35.5. The summed E-state index contributed by atoms with van der Waals surface area (Å²) in [5.74, 6) is 0.669. The molecular weight excluding hydrogens is 315 g/mol. The average Bonchev–Trinajstić information content (AvgIpc) is 2.55. The first-order valence-corrected chi connectivity index (χ1v) is 7.70. The van der Waals surface area contributed by atoms with Crippen LogP contribution in [0, 0.1) is 0 Å². The Morgan fingerprint density at radius 1 is 0.727 bits per heavy atom. The summed E-state index contributed by atoms with van der Waals surface area (Å²) in [6.45, 7) is 0.486. The molecule has 0 atom stereocenters. The smallest absolute Gasteiger partial charge is 0.139 e. The number of rotatable bonds is 4. The summed E-state index contributed by atoms with van der Waals surface area (Å²) in [5, 5.41) is 1.31. The number of hydrogen-bond acceptors (Lipinski definition) is 1. The molecule has 0 saturated carbocycles. The van der Waals surface area contributed by atoms with Gasteiger partial charge in [0.15, 0.2) is 0 Å². The lowest BCUT2D eigenvalue weighted by molar-refractivity contribution is 0.306. The van der Waals surface area contributed by atoms with Gasteiger partial charge in [0.1, 0.15) is 12.4 Å². The molecule has 0 amide bonds. The van der Waals surface area contributed by atoms with Crippen molar-refractivity contribution >= 4 is 23.2 Å². The van der Waals surface area contributed by atoms with Crippen LogP contribution in [0.25, 0.3) is 11.1 Å². The Balaban J connectivity index is 1.84. The molecule has 0 fully saturated rings. The minimum atomic E-state index is 0.486. The van der Waals surface area contributed by atoms with Gasteiger partial charge in [0.2, 0.25) is 0 Å². The van der Waals surface area contributed by atoms with Crippen LogP contribution in [0.3, 0.4) is 0 Å². The summed E-state index contributed by atoms with van der Waals surface area (Å²) >= 11 is 12.3. The van der Waals surface area contributed by atoms with Gasteiger partial charge in [0, 0.05) is 5.02 Å². The molecule has 0 aliphatic heterocycles. The Morgan fingerprint density at radius 3 is 2.27 bits per heavy atom.